The summed E-state index contributed by atoms with van der Waals surface area (Å²) in [6.45, 7) is -0.0269. The molecule has 2 aromatic carbocycles. The Hall–Kier alpha value is -2.29. The van der Waals surface area contributed by atoms with E-state index < -0.39 is 16.2 Å². The molecule has 0 N–H and O–H groups in total. The van der Waals surface area contributed by atoms with E-state index in [4.69, 9.17) is 4.84 Å². The molecular formula is C13H11N2O5S-. The third-order valence-electron chi connectivity index (χ3n) is 2.60. The highest BCUT2D eigenvalue weighted by molar-refractivity contribution is 7.80. The molecule has 0 aliphatic carbocycles. The van der Waals surface area contributed by atoms with E-state index in [0.29, 0.717) is 4.47 Å². The zero-order chi connectivity index (χ0) is 15.2. The quantitative estimate of drug-likeness (QED) is 0.463. The fourth-order valence-corrected chi connectivity index (χ4v) is 2.13. The summed E-state index contributed by atoms with van der Waals surface area (Å²) >= 11 is -2.80. The molecule has 2 rings (SSSR count). The van der Waals surface area contributed by atoms with Crippen molar-refractivity contribution in [2.24, 2.45) is 0 Å². The van der Waals surface area contributed by atoms with Crippen LogP contribution in [0.2, 0.25) is 0 Å². The van der Waals surface area contributed by atoms with E-state index >= 15 is 0 Å². The maximum atomic E-state index is 11.3. The van der Waals surface area contributed by atoms with Gasteiger partial charge in [-0.25, -0.2) is 4.21 Å². The Bertz CT molecular complexity index is 650. The van der Waals surface area contributed by atoms with Gasteiger partial charge in [-0.05, 0) is 11.6 Å². The minimum Gasteiger partial charge on any atom is -0.753 e. The molecule has 7 nitrogen and oxygen atoms in total. The van der Waals surface area contributed by atoms with Crippen LogP contribution in [0.25, 0.3) is 0 Å². The van der Waals surface area contributed by atoms with E-state index in [-0.39, 0.29) is 18.0 Å². The van der Waals surface area contributed by atoms with Gasteiger partial charge in [0.2, 0.25) is 0 Å². The summed E-state index contributed by atoms with van der Waals surface area (Å²) in [6, 6.07) is 14.3. The van der Waals surface area contributed by atoms with Gasteiger partial charge in [-0.3, -0.25) is 15.0 Å². The SMILES string of the molecule is O=[N+]([O-])c1ccccc1N(OCc1ccccc1)S(=O)[O-]. The van der Waals surface area contributed by atoms with Crippen molar-refractivity contribution < 1.29 is 18.5 Å². The second kappa shape index (κ2) is 6.93. The third-order valence-corrected chi connectivity index (χ3v) is 3.17. The molecule has 21 heavy (non-hydrogen) atoms. The van der Waals surface area contributed by atoms with E-state index in [0.717, 1.165) is 5.56 Å². The van der Waals surface area contributed by atoms with Gasteiger partial charge in [0.1, 0.15) is 6.61 Å². The van der Waals surface area contributed by atoms with Crippen molar-refractivity contribution >= 4 is 22.6 Å². The molecule has 0 amide bonds. The lowest BCUT2D eigenvalue weighted by Crippen LogP contribution is -2.26. The zero-order valence-corrected chi connectivity index (χ0v) is 11.6. The molecule has 0 fully saturated rings. The first-order valence-corrected chi connectivity index (χ1v) is 6.92. The summed E-state index contributed by atoms with van der Waals surface area (Å²) in [6.07, 6.45) is 0. The first-order chi connectivity index (χ1) is 10.1. The second-order valence-electron chi connectivity index (χ2n) is 3.98. The topological polar surface area (TPSA) is 95.7 Å². The number of hydrogen-bond donors (Lipinski definition) is 0. The van der Waals surface area contributed by atoms with Gasteiger partial charge < -0.3 is 4.55 Å². The van der Waals surface area contributed by atoms with Crippen molar-refractivity contribution in [1.82, 2.24) is 0 Å². The molecule has 0 aromatic heterocycles. The molecule has 0 radical (unpaired) electrons. The molecule has 110 valence electrons. The second-order valence-corrected chi connectivity index (χ2v) is 4.74. The Morgan fingerprint density at radius 1 is 1.10 bits per heavy atom. The summed E-state index contributed by atoms with van der Waals surface area (Å²) in [5.41, 5.74) is 0.244. The van der Waals surface area contributed by atoms with Crippen molar-refractivity contribution in [1.29, 1.82) is 0 Å². The molecule has 1 unspecified atom stereocenters. The van der Waals surface area contributed by atoms with Crippen LogP contribution < -0.4 is 4.47 Å². The number of nitrogens with zero attached hydrogens (tertiary/aromatic N) is 2. The minimum atomic E-state index is -2.80. The fourth-order valence-electron chi connectivity index (χ4n) is 1.67. The lowest BCUT2D eigenvalue weighted by Gasteiger charge is -2.24. The van der Waals surface area contributed by atoms with Crippen molar-refractivity contribution in [2.75, 3.05) is 4.47 Å². The Labute approximate surface area is 123 Å². The summed E-state index contributed by atoms with van der Waals surface area (Å²) < 4.78 is 23.1. The lowest BCUT2D eigenvalue weighted by atomic mass is 10.2. The van der Waals surface area contributed by atoms with Crippen LogP contribution in [0, 0.1) is 10.1 Å². The van der Waals surface area contributed by atoms with Crippen LogP contribution in [-0.2, 0) is 22.7 Å². The standard InChI is InChI=1S/C13H12N2O5S/c16-14(17)12-8-4-5-9-13(12)15(21(18)19)20-10-11-6-2-1-3-7-11/h1-9H,10H2,(H,18,19)/p-1. The number of benzene rings is 2. The summed E-state index contributed by atoms with van der Waals surface area (Å²) in [5, 5.41) is 10.9. The highest BCUT2D eigenvalue weighted by Crippen LogP contribution is 2.28. The van der Waals surface area contributed by atoms with E-state index in [2.05, 4.69) is 0 Å². The van der Waals surface area contributed by atoms with Crippen molar-refractivity contribution in [3.8, 4) is 0 Å². The van der Waals surface area contributed by atoms with Crippen molar-refractivity contribution in [3.05, 3.63) is 70.3 Å². The van der Waals surface area contributed by atoms with Gasteiger partial charge in [0.05, 0.1) is 16.2 Å². The van der Waals surface area contributed by atoms with Crippen LogP contribution in [0.1, 0.15) is 5.56 Å². The summed E-state index contributed by atoms with van der Waals surface area (Å²) in [4.78, 5) is 15.5. The van der Waals surface area contributed by atoms with Gasteiger partial charge >= 0.3 is 0 Å². The average molecular weight is 307 g/mol. The van der Waals surface area contributed by atoms with Gasteiger partial charge in [-0.2, -0.15) is 4.47 Å². The molecule has 0 spiro atoms. The predicted octanol–water partition coefficient (Wildman–Crippen LogP) is 2.33. The number of nitro benzene ring substituents is 1. The van der Waals surface area contributed by atoms with Gasteiger partial charge in [0, 0.05) is 6.07 Å². The minimum absolute atomic E-state index is 0.0269. The molecule has 2 aromatic rings. The van der Waals surface area contributed by atoms with Crippen LogP contribution in [-0.4, -0.2) is 13.7 Å². The Balaban J connectivity index is 2.24. The first kappa shape index (κ1) is 15.1. The molecule has 0 saturated heterocycles. The first-order valence-electron chi connectivity index (χ1n) is 5.89. The highest BCUT2D eigenvalue weighted by atomic mass is 32.2. The normalized spacial score (nSPS) is 11.9. The van der Waals surface area contributed by atoms with Crippen LogP contribution in [0.15, 0.2) is 54.6 Å². The van der Waals surface area contributed by atoms with Crippen LogP contribution in [0.4, 0.5) is 11.4 Å². The maximum absolute atomic E-state index is 11.3. The largest absolute Gasteiger partial charge is 0.753 e. The summed E-state index contributed by atoms with van der Waals surface area (Å²) in [5.74, 6) is 0. The van der Waals surface area contributed by atoms with E-state index in [1.165, 1.54) is 24.3 Å². The molecule has 8 heteroatoms. The molecule has 0 aliphatic rings. The maximum Gasteiger partial charge on any atom is 0.296 e. The molecule has 1 atom stereocenters. The zero-order valence-electron chi connectivity index (χ0n) is 10.7. The Kier molecular flexibility index (Phi) is 4.99. The van der Waals surface area contributed by atoms with E-state index in [9.17, 15) is 18.9 Å². The Morgan fingerprint density at radius 2 is 1.71 bits per heavy atom. The van der Waals surface area contributed by atoms with Gasteiger partial charge in [0.15, 0.2) is 5.69 Å². The lowest BCUT2D eigenvalue weighted by molar-refractivity contribution is -0.384. The van der Waals surface area contributed by atoms with Gasteiger partial charge in [-0.15, -0.1) is 0 Å². The Morgan fingerprint density at radius 3 is 2.33 bits per heavy atom. The number of rotatable bonds is 6. The van der Waals surface area contributed by atoms with Crippen LogP contribution in [0.3, 0.4) is 0 Å². The summed E-state index contributed by atoms with van der Waals surface area (Å²) in [7, 11) is 0. The van der Waals surface area contributed by atoms with E-state index in [1.807, 2.05) is 6.07 Å². The predicted molar refractivity (Wildman–Crippen MR) is 75.7 cm³/mol. The van der Waals surface area contributed by atoms with Gasteiger partial charge in [0.25, 0.3) is 5.69 Å². The molecule has 0 aliphatic heterocycles. The molecule has 0 saturated carbocycles. The van der Waals surface area contributed by atoms with Crippen LogP contribution in [0.5, 0.6) is 0 Å². The van der Waals surface area contributed by atoms with Crippen molar-refractivity contribution in [2.45, 2.75) is 6.61 Å². The molecular weight excluding hydrogens is 296 g/mol. The third kappa shape index (κ3) is 3.85. The number of para-hydroxylation sites is 2. The van der Waals surface area contributed by atoms with Crippen molar-refractivity contribution in [3.63, 3.8) is 0 Å². The average Bonchev–Trinajstić information content (AvgIpc) is 2.48. The number of anilines is 1. The van der Waals surface area contributed by atoms with Crippen LogP contribution >= 0.6 is 0 Å². The number of hydrogen-bond acceptors (Lipinski definition) is 5. The highest BCUT2D eigenvalue weighted by Gasteiger charge is 2.20. The molecule has 0 heterocycles. The smallest absolute Gasteiger partial charge is 0.296 e. The molecule has 0 bridgehead atoms. The monoisotopic (exact) mass is 307 g/mol. The van der Waals surface area contributed by atoms with Gasteiger partial charge in [-0.1, -0.05) is 42.5 Å². The van der Waals surface area contributed by atoms with E-state index in [1.54, 1.807) is 24.3 Å². The number of nitro groups is 1. The fraction of sp³-hybridized carbons (Fsp3) is 0.0769.